The zero-order chi connectivity index (χ0) is 29.0. The van der Waals surface area contributed by atoms with Crippen LogP contribution in [0.2, 0.25) is 0 Å². The number of nitrogens with one attached hydrogen (secondary N) is 1. The van der Waals surface area contributed by atoms with Gasteiger partial charge < -0.3 is 0 Å². The molecule has 0 aliphatic rings. The van der Waals surface area contributed by atoms with E-state index in [1.807, 2.05) is 0 Å². The van der Waals surface area contributed by atoms with E-state index >= 15 is 0 Å². The maximum atomic E-state index is 13.9. The van der Waals surface area contributed by atoms with Crippen molar-refractivity contribution in [2.24, 2.45) is 0 Å². The van der Waals surface area contributed by atoms with Gasteiger partial charge in [-0.15, -0.1) is 0 Å². The van der Waals surface area contributed by atoms with Gasteiger partial charge in [0.1, 0.15) is 0 Å². The highest BCUT2D eigenvalue weighted by Crippen LogP contribution is 2.65. The molecule has 0 saturated heterocycles. The maximum Gasteiger partial charge on any atom is 0.438 e. The van der Waals surface area contributed by atoms with Crippen molar-refractivity contribution in [1.29, 1.82) is 0 Å². The van der Waals surface area contributed by atoms with E-state index in [2.05, 4.69) is 0 Å². The Morgan fingerprint density at radius 3 is 1.28 bits per heavy atom. The molecule has 36 heavy (non-hydrogen) atoms. The van der Waals surface area contributed by atoms with Crippen molar-refractivity contribution >= 4 is 10.0 Å². The maximum absolute atomic E-state index is 13.9. The third-order valence-electron chi connectivity index (χ3n) is 4.41. The number of sulfonamides is 1. The summed E-state index contributed by atoms with van der Waals surface area (Å²) in [5.74, 6) is -35.0. The fourth-order valence-electron chi connectivity index (χ4n) is 2.34. The summed E-state index contributed by atoms with van der Waals surface area (Å²) in [7, 11) is -7.33. The van der Waals surface area contributed by atoms with Crippen LogP contribution in [0.5, 0.6) is 0 Å². The summed E-state index contributed by atoms with van der Waals surface area (Å²) in [6.07, 6.45) is -16.5. The van der Waals surface area contributed by atoms with E-state index in [9.17, 15) is 83.1 Å². The van der Waals surface area contributed by atoms with Gasteiger partial charge in [0.2, 0.25) is 0 Å². The molecule has 1 N–H and O–H groups in total. The Hall–Kier alpha value is -2.06. The average Bonchev–Trinajstić information content (AvgIpc) is 2.69. The second kappa shape index (κ2) is 8.76. The van der Waals surface area contributed by atoms with Crippen molar-refractivity contribution < 1.29 is 83.1 Å². The molecule has 0 aromatic heterocycles. The van der Waals surface area contributed by atoms with E-state index in [-0.39, 0.29) is 5.56 Å². The normalized spacial score (nSPS) is 15.8. The zero-order valence-electron chi connectivity index (χ0n) is 16.2. The quantitative estimate of drug-likeness (QED) is 0.356. The van der Waals surface area contributed by atoms with Crippen LogP contribution < -0.4 is 4.72 Å². The molecule has 21 heteroatoms. The van der Waals surface area contributed by atoms with Crippen molar-refractivity contribution in [2.45, 2.75) is 53.5 Å². The van der Waals surface area contributed by atoms with Gasteiger partial charge in [-0.25, -0.2) is 17.5 Å². The molecule has 0 spiro atoms. The first-order valence-corrected chi connectivity index (χ1v) is 9.81. The Bertz CT molecular complexity index is 1020. The van der Waals surface area contributed by atoms with Gasteiger partial charge in [-0.2, -0.15) is 70.2 Å². The van der Waals surface area contributed by atoms with Gasteiger partial charge in [0.25, 0.3) is 10.0 Å². The predicted octanol–water partition coefficient (Wildman–Crippen LogP) is 6.07. The second-order valence-corrected chi connectivity index (χ2v) is 8.59. The summed E-state index contributed by atoms with van der Waals surface area (Å²) in [4.78, 5) is 0. The largest absolute Gasteiger partial charge is 0.438 e. The van der Waals surface area contributed by atoms with Crippen LogP contribution in [0.1, 0.15) is 5.56 Å². The summed E-state index contributed by atoms with van der Waals surface area (Å²) in [5.41, 5.74) is -9.07. The van der Waals surface area contributed by atoms with Crippen LogP contribution in [-0.2, 0) is 16.6 Å². The summed E-state index contributed by atoms with van der Waals surface area (Å²) in [6.45, 7) is -1.46. The molecule has 3 nitrogen and oxygen atoms in total. The first-order valence-electron chi connectivity index (χ1n) is 8.32. The van der Waals surface area contributed by atoms with Crippen LogP contribution in [0, 0.1) is 0 Å². The number of benzene rings is 1. The first kappa shape index (κ1) is 32.0. The SMILES string of the molecule is O=S(=O)(NCc1ccccc1)C(F)(F)C(F)(F)C(F)(F)C(F)(F)C(F)(F)C(F)(C(F)(F)F)C(F)(F)F. The minimum atomic E-state index is -8.96. The van der Waals surface area contributed by atoms with Gasteiger partial charge in [0.15, 0.2) is 0 Å². The van der Waals surface area contributed by atoms with Gasteiger partial charge >= 0.3 is 47.0 Å². The lowest BCUT2D eigenvalue weighted by molar-refractivity contribution is -0.462. The van der Waals surface area contributed by atoms with Crippen molar-refractivity contribution in [3.8, 4) is 0 Å². The van der Waals surface area contributed by atoms with E-state index in [0.29, 0.717) is 4.72 Å². The van der Waals surface area contributed by atoms with Crippen molar-refractivity contribution in [2.75, 3.05) is 0 Å². The van der Waals surface area contributed by atoms with Crippen LogP contribution in [0.3, 0.4) is 0 Å². The Kier molecular flexibility index (Phi) is 7.78. The molecule has 0 unspecified atom stereocenters. The van der Waals surface area contributed by atoms with Gasteiger partial charge in [0, 0.05) is 6.54 Å². The molecule has 1 aromatic rings. The molecule has 0 heterocycles. The molecule has 0 fully saturated rings. The highest BCUT2D eigenvalue weighted by Gasteiger charge is 2.97. The Labute approximate surface area is 188 Å². The van der Waals surface area contributed by atoms with Gasteiger partial charge in [-0.1, -0.05) is 30.3 Å². The Morgan fingerprint density at radius 1 is 0.556 bits per heavy atom. The molecule has 1 rings (SSSR count). The monoisotopic (exact) mass is 589 g/mol. The molecule has 0 aliphatic heterocycles. The van der Waals surface area contributed by atoms with E-state index < -0.39 is 63.5 Å². The van der Waals surface area contributed by atoms with Crippen molar-refractivity contribution in [3.05, 3.63) is 35.9 Å². The van der Waals surface area contributed by atoms with Crippen LogP contribution in [-0.4, -0.2) is 55.4 Å². The van der Waals surface area contributed by atoms with Crippen LogP contribution >= 0.6 is 0 Å². The molecule has 0 amide bonds. The summed E-state index contributed by atoms with van der Waals surface area (Å²) in [6, 6.07) is 5.19. The predicted molar refractivity (Wildman–Crippen MR) is 82.9 cm³/mol. The van der Waals surface area contributed by atoms with Crippen LogP contribution in [0.25, 0.3) is 0 Å². The van der Waals surface area contributed by atoms with E-state index in [1.165, 1.54) is 6.07 Å². The van der Waals surface area contributed by atoms with Gasteiger partial charge in [-0.3, -0.25) is 0 Å². The minimum absolute atomic E-state index is 0.374. The molecule has 0 aliphatic carbocycles. The highest BCUT2D eigenvalue weighted by atomic mass is 32.2. The van der Waals surface area contributed by atoms with Crippen molar-refractivity contribution in [1.82, 2.24) is 4.72 Å². The van der Waals surface area contributed by atoms with E-state index in [1.54, 1.807) is 0 Å². The molecule has 210 valence electrons. The molecule has 0 saturated carbocycles. The van der Waals surface area contributed by atoms with Crippen molar-refractivity contribution in [3.63, 3.8) is 0 Å². The average molecular weight is 589 g/mol. The third kappa shape index (κ3) is 4.34. The van der Waals surface area contributed by atoms with E-state index in [4.69, 9.17) is 0 Å². The van der Waals surface area contributed by atoms with Gasteiger partial charge in [-0.05, 0) is 5.56 Å². The van der Waals surface area contributed by atoms with Gasteiger partial charge in [0.05, 0.1) is 0 Å². The first-order chi connectivity index (χ1) is 15.6. The summed E-state index contributed by atoms with van der Waals surface area (Å²) < 4.78 is 248. The lowest BCUT2D eigenvalue weighted by Crippen LogP contribution is -2.77. The lowest BCUT2D eigenvalue weighted by Gasteiger charge is -2.44. The summed E-state index contributed by atoms with van der Waals surface area (Å²) in [5, 5.41) is -7.60. The molecule has 1 aromatic carbocycles. The summed E-state index contributed by atoms with van der Waals surface area (Å²) >= 11 is 0. The van der Waals surface area contributed by atoms with Crippen LogP contribution in [0.15, 0.2) is 30.3 Å². The standard InChI is InChI=1S/C15H8F17NO2S/c16-8(13(25,26)27,14(28,29)30)9(17,18)10(19,20)11(21,22)12(23,24)15(31,32)36(34,35)33-6-7-4-2-1-3-5-7/h1-5,33H,6H2. The number of hydrogen-bond acceptors (Lipinski definition) is 2. The Morgan fingerprint density at radius 2 is 0.917 bits per heavy atom. The van der Waals surface area contributed by atoms with Crippen LogP contribution in [0.4, 0.5) is 74.6 Å². The number of rotatable bonds is 9. The minimum Gasteiger partial charge on any atom is -0.216 e. The molecule has 0 atom stereocenters. The molecular weight excluding hydrogens is 581 g/mol. The zero-order valence-corrected chi connectivity index (χ0v) is 17.1. The Balaban J connectivity index is 3.66. The third-order valence-corrected chi connectivity index (χ3v) is 5.86. The number of hydrogen-bond donors (Lipinski definition) is 1. The fraction of sp³-hybridized carbons (Fsp3) is 0.600. The smallest absolute Gasteiger partial charge is 0.216 e. The number of alkyl halides is 17. The second-order valence-electron chi connectivity index (χ2n) is 6.78. The van der Waals surface area contributed by atoms with E-state index in [0.717, 1.165) is 24.3 Å². The highest BCUT2D eigenvalue weighted by molar-refractivity contribution is 7.90. The topological polar surface area (TPSA) is 46.2 Å². The lowest BCUT2D eigenvalue weighted by atomic mass is 9.86. The molecular formula is C15H8F17NO2S. The fourth-order valence-corrected chi connectivity index (χ4v) is 3.35. The molecule has 0 bridgehead atoms. The molecule has 0 radical (unpaired) electrons. The number of halogens is 17.